The minimum Gasteiger partial charge on any atom is -0.405 e. The molecule has 0 saturated heterocycles. The molecule has 2 aromatic rings. The molecule has 0 bridgehead atoms. The molecule has 0 aliphatic heterocycles. The van der Waals surface area contributed by atoms with Crippen LogP contribution >= 0.6 is 0 Å². The van der Waals surface area contributed by atoms with Crippen LogP contribution in [-0.2, 0) is 9.22 Å². The van der Waals surface area contributed by atoms with Gasteiger partial charge in [-0.3, -0.25) is 4.79 Å². The monoisotopic (exact) mass is 619 g/mol. The zero-order chi connectivity index (χ0) is 31.6. The maximum absolute atomic E-state index is 13.3. The van der Waals surface area contributed by atoms with Crippen molar-refractivity contribution in [2.24, 2.45) is 0 Å². The van der Waals surface area contributed by atoms with Crippen LogP contribution in [0.15, 0.2) is 60.7 Å². The van der Waals surface area contributed by atoms with Gasteiger partial charge in [-0.2, -0.15) is 13.2 Å². The Hall–Kier alpha value is -2.12. The topological polar surface area (TPSA) is 38.3 Å². The second-order valence-corrected chi connectivity index (χ2v) is 17.3. The second-order valence-electron chi connectivity index (χ2n) is 13.0. The van der Waals surface area contributed by atoms with Crippen molar-refractivity contribution in [3.63, 3.8) is 0 Å². The smallest absolute Gasteiger partial charge is 0.405 e. The molecule has 0 fully saturated rings. The van der Waals surface area contributed by atoms with Gasteiger partial charge in [0.25, 0.3) is 8.32 Å². The van der Waals surface area contributed by atoms with Gasteiger partial charge in [-0.1, -0.05) is 178 Å². The Morgan fingerprint density at radius 3 is 1.47 bits per heavy atom. The van der Waals surface area contributed by atoms with E-state index < -0.39 is 26.4 Å². The minimum absolute atomic E-state index is 0.0353. The van der Waals surface area contributed by atoms with Crippen LogP contribution in [0.5, 0.6) is 0 Å². The fourth-order valence-corrected chi connectivity index (χ4v) is 10.6. The Morgan fingerprint density at radius 2 is 1.09 bits per heavy atom. The molecule has 242 valence electrons. The first-order valence-corrected chi connectivity index (χ1v) is 18.6. The van der Waals surface area contributed by atoms with Gasteiger partial charge in [0.1, 0.15) is 0 Å². The third-order valence-electron chi connectivity index (χ3n) is 8.42. The van der Waals surface area contributed by atoms with E-state index >= 15 is 0 Å². The number of alkyl halides is 3. The molecule has 0 aromatic heterocycles. The van der Waals surface area contributed by atoms with Crippen molar-refractivity contribution in [3.8, 4) is 0 Å². The van der Waals surface area contributed by atoms with Gasteiger partial charge in [0.15, 0.2) is 0 Å². The summed E-state index contributed by atoms with van der Waals surface area (Å²) in [5.41, 5.74) is 0. The normalized spacial score (nSPS) is 13.2. The molecule has 43 heavy (non-hydrogen) atoms. The predicted octanol–water partition coefficient (Wildman–Crippen LogP) is 9.48. The van der Waals surface area contributed by atoms with Crippen molar-refractivity contribution < 1.29 is 22.4 Å². The lowest BCUT2D eigenvalue weighted by Crippen LogP contribution is -2.67. The zero-order valence-electron chi connectivity index (χ0n) is 27.1. The average Bonchev–Trinajstić information content (AvgIpc) is 2.97. The highest BCUT2D eigenvalue weighted by Gasteiger charge is 2.50. The largest absolute Gasteiger partial charge is 0.471 e. The van der Waals surface area contributed by atoms with Gasteiger partial charge in [-0.05, 0) is 21.8 Å². The molecule has 0 aliphatic carbocycles. The van der Waals surface area contributed by atoms with Crippen molar-refractivity contribution in [1.82, 2.24) is 5.32 Å². The summed E-state index contributed by atoms with van der Waals surface area (Å²) < 4.78 is 46.7. The van der Waals surface area contributed by atoms with Gasteiger partial charge in [0.2, 0.25) is 0 Å². The standard InChI is InChI=1S/C36H56F3NO2Si/c1-5-6-7-8-9-10-11-12-13-14-15-16-17-20-25-31(40-34(41)36(37,38)39)30-42-43(35(2,3)4,32-26-21-18-22-27-32)33-28-23-19-24-29-33/h18-19,21-24,26-29,31H,5-17,20,25,30H2,1-4H3,(H,40,41)/t31-/m1/s1. The van der Waals surface area contributed by atoms with Crippen molar-refractivity contribution >= 4 is 24.6 Å². The summed E-state index contributed by atoms with van der Waals surface area (Å²) in [7, 11) is -2.93. The number of hydrogen-bond acceptors (Lipinski definition) is 2. The van der Waals surface area contributed by atoms with Gasteiger partial charge in [-0.15, -0.1) is 0 Å². The molecule has 2 rings (SSSR count). The SMILES string of the molecule is CCCCCCCCCCCCCCCC[C@H](CO[Si](c1ccccc1)(c1ccccc1)C(C)(C)C)NC(=O)C(F)(F)F. The van der Waals surface area contributed by atoms with Crippen LogP contribution in [0.1, 0.15) is 124 Å². The fraction of sp³-hybridized carbons (Fsp3) is 0.639. The molecular formula is C36H56F3NO2Si. The predicted molar refractivity (Wildman–Crippen MR) is 176 cm³/mol. The Morgan fingerprint density at radius 1 is 0.698 bits per heavy atom. The highest BCUT2D eigenvalue weighted by atomic mass is 28.4. The quantitative estimate of drug-likeness (QED) is 0.112. The second kappa shape index (κ2) is 19.3. The highest BCUT2D eigenvalue weighted by Crippen LogP contribution is 2.37. The number of hydrogen-bond donors (Lipinski definition) is 1. The van der Waals surface area contributed by atoms with Crippen LogP contribution in [0.25, 0.3) is 0 Å². The molecule has 7 heteroatoms. The maximum Gasteiger partial charge on any atom is 0.471 e. The van der Waals surface area contributed by atoms with Crippen molar-refractivity contribution in [2.75, 3.05) is 6.61 Å². The Bertz CT molecular complexity index is 969. The third kappa shape index (κ3) is 12.8. The number of halogens is 3. The van der Waals surface area contributed by atoms with E-state index in [1.807, 2.05) is 36.4 Å². The molecule has 1 N–H and O–H groups in total. The lowest BCUT2D eigenvalue weighted by Gasteiger charge is -2.43. The third-order valence-corrected chi connectivity index (χ3v) is 13.4. The molecule has 0 spiro atoms. The van der Waals surface area contributed by atoms with Crippen LogP contribution in [0.4, 0.5) is 13.2 Å². The summed E-state index contributed by atoms with van der Waals surface area (Å²) in [5, 5.41) is 4.08. The summed E-state index contributed by atoms with van der Waals surface area (Å²) in [6, 6.07) is 19.3. The first-order chi connectivity index (χ1) is 20.5. The number of amides is 1. The van der Waals surface area contributed by atoms with Crippen LogP contribution in [0, 0.1) is 0 Å². The number of carbonyl (C=O) groups is 1. The molecular weight excluding hydrogens is 563 g/mol. The van der Waals surface area contributed by atoms with E-state index in [4.69, 9.17) is 4.43 Å². The molecule has 1 atom stereocenters. The Labute approximate surface area is 260 Å². The first kappa shape index (κ1) is 37.1. The molecule has 2 aromatic carbocycles. The van der Waals surface area contributed by atoms with E-state index in [1.165, 1.54) is 64.2 Å². The van der Waals surface area contributed by atoms with Gasteiger partial charge in [0.05, 0.1) is 12.6 Å². The summed E-state index contributed by atoms with van der Waals surface area (Å²) in [5.74, 6) is -1.89. The van der Waals surface area contributed by atoms with Gasteiger partial charge in [-0.25, -0.2) is 0 Å². The molecule has 0 heterocycles. The van der Waals surface area contributed by atoms with Gasteiger partial charge >= 0.3 is 12.1 Å². The van der Waals surface area contributed by atoms with Crippen LogP contribution in [-0.4, -0.2) is 33.0 Å². The molecule has 0 saturated carbocycles. The summed E-state index contributed by atoms with van der Waals surface area (Å²) in [4.78, 5) is 12.0. The lowest BCUT2D eigenvalue weighted by atomic mass is 10.0. The van der Waals surface area contributed by atoms with E-state index in [-0.39, 0.29) is 11.6 Å². The van der Waals surface area contributed by atoms with Crippen molar-refractivity contribution in [2.45, 2.75) is 141 Å². The molecule has 0 aliphatic rings. The van der Waals surface area contributed by atoms with Crippen molar-refractivity contribution in [3.05, 3.63) is 60.7 Å². The number of unbranched alkanes of at least 4 members (excludes halogenated alkanes) is 13. The van der Waals surface area contributed by atoms with Gasteiger partial charge < -0.3 is 9.74 Å². The summed E-state index contributed by atoms with van der Waals surface area (Å²) in [6.07, 6.45) is 12.6. The summed E-state index contributed by atoms with van der Waals surface area (Å²) in [6.45, 7) is 8.69. The van der Waals surface area contributed by atoms with Crippen LogP contribution in [0.2, 0.25) is 5.04 Å². The average molecular weight is 620 g/mol. The zero-order valence-corrected chi connectivity index (χ0v) is 28.1. The van der Waals surface area contributed by atoms with Crippen molar-refractivity contribution in [1.29, 1.82) is 0 Å². The van der Waals surface area contributed by atoms with E-state index in [9.17, 15) is 18.0 Å². The van der Waals surface area contributed by atoms with Crippen LogP contribution < -0.4 is 15.7 Å². The van der Waals surface area contributed by atoms with Crippen LogP contribution in [0.3, 0.4) is 0 Å². The van der Waals surface area contributed by atoms with E-state index in [0.717, 1.165) is 36.1 Å². The Kier molecular flexibility index (Phi) is 16.6. The Balaban J connectivity index is 1.96. The molecule has 0 unspecified atom stereocenters. The van der Waals surface area contributed by atoms with E-state index in [0.29, 0.717) is 6.42 Å². The number of benzene rings is 2. The maximum atomic E-state index is 13.3. The molecule has 0 radical (unpaired) electrons. The minimum atomic E-state index is -4.93. The summed E-state index contributed by atoms with van der Waals surface area (Å²) >= 11 is 0. The number of nitrogens with one attached hydrogen (secondary N) is 1. The van der Waals surface area contributed by atoms with E-state index in [2.05, 4.69) is 57.3 Å². The fourth-order valence-electron chi connectivity index (χ4n) is 6.04. The first-order valence-electron chi connectivity index (χ1n) is 16.6. The molecule has 3 nitrogen and oxygen atoms in total. The molecule has 1 amide bonds. The van der Waals surface area contributed by atoms with Gasteiger partial charge in [0, 0.05) is 0 Å². The highest BCUT2D eigenvalue weighted by molar-refractivity contribution is 6.99. The number of carbonyl (C=O) groups excluding carboxylic acids is 1. The lowest BCUT2D eigenvalue weighted by molar-refractivity contribution is -0.174. The van der Waals surface area contributed by atoms with E-state index in [1.54, 1.807) is 0 Å². The number of rotatable bonds is 21.